The number of hydrogen-bond acceptors (Lipinski definition) is 7. The first-order valence-corrected chi connectivity index (χ1v) is 8.43. The van der Waals surface area contributed by atoms with Crippen LogP contribution in [0.4, 0.5) is 0 Å². The molecule has 2 rings (SSSR count). The molecule has 0 aliphatic carbocycles. The van der Waals surface area contributed by atoms with Gasteiger partial charge in [-0.2, -0.15) is 0 Å². The van der Waals surface area contributed by atoms with Crippen molar-refractivity contribution >= 4 is 34.6 Å². The molecular weight excluding hydrogens is 366 g/mol. The Morgan fingerprint density at radius 2 is 1.50 bits per heavy atom. The van der Waals surface area contributed by atoms with E-state index in [0.717, 1.165) is 32.1 Å². The van der Waals surface area contributed by atoms with Crippen LogP contribution in [0.3, 0.4) is 0 Å². The van der Waals surface area contributed by atoms with Gasteiger partial charge >= 0.3 is 17.9 Å². The highest BCUT2D eigenvalue weighted by atomic mass is 16.5. The number of carbonyl (C=O) groups excluding carboxylic acids is 4. The summed E-state index contributed by atoms with van der Waals surface area (Å²) in [7, 11) is 3.38. The summed E-state index contributed by atoms with van der Waals surface area (Å²) in [4.78, 5) is 48.7. The van der Waals surface area contributed by atoms with Crippen molar-refractivity contribution in [3.8, 4) is 0 Å². The van der Waals surface area contributed by atoms with Gasteiger partial charge in [0.25, 0.3) is 5.91 Å². The minimum Gasteiger partial charge on any atom is -0.469 e. The predicted molar refractivity (Wildman–Crippen MR) is 99.4 cm³/mol. The van der Waals surface area contributed by atoms with E-state index in [1.807, 2.05) is 24.3 Å². The summed E-state index contributed by atoms with van der Waals surface area (Å²) in [6.45, 7) is 0. The van der Waals surface area contributed by atoms with Crippen molar-refractivity contribution in [2.24, 2.45) is 5.92 Å². The minimum absolute atomic E-state index is 0.286. The number of hydrogen-bond donors (Lipinski definition) is 1. The van der Waals surface area contributed by atoms with Crippen LogP contribution in [0.25, 0.3) is 10.8 Å². The third kappa shape index (κ3) is 4.85. The van der Waals surface area contributed by atoms with Gasteiger partial charge in [0.15, 0.2) is 0 Å². The van der Waals surface area contributed by atoms with Crippen molar-refractivity contribution in [3.05, 3.63) is 48.0 Å². The summed E-state index contributed by atoms with van der Waals surface area (Å²) in [6, 6.07) is 11.1. The lowest BCUT2D eigenvalue weighted by Gasteiger charge is -2.23. The lowest BCUT2D eigenvalue weighted by Crippen LogP contribution is -2.50. The summed E-state index contributed by atoms with van der Waals surface area (Å²) in [5, 5.41) is 4.25. The molecule has 0 saturated heterocycles. The first-order chi connectivity index (χ1) is 13.4. The Hall–Kier alpha value is -3.42. The maximum absolute atomic E-state index is 12.7. The van der Waals surface area contributed by atoms with Gasteiger partial charge < -0.3 is 19.5 Å². The quantitative estimate of drug-likeness (QED) is 0.566. The number of amides is 1. The molecule has 2 atom stereocenters. The number of fused-ring (bicyclic) bond motifs is 1. The second-order valence-electron chi connectivity index (χ2n) is 5.95. The molecule has 0 saturated carbocycles. The molecule has 0 heterocycles. The zero-order valence-electron chi connectivity index (χ0n) is 15.8. The number of carbonyl (C=O) groups is 4. The van der Waals surface area contributed by atoms with E-state index >= 15 is 0 Å². The molecule has 8 heteroatoms. The monoisotopic (exact) mass is 387 g/mol. The third-order valence-corrected chi connectivity index (χ3v) is 4.27. The van der Waals surface area contributed by atoms with E-state index in [0.29, 0.717) is 0 Å². The second-order valence-corrected chi connectivity index (χ2v) is 5.95. The van der Waals surface area contributed by atoms with E-state index in [-0.39, 0.29) is 5.56 Å². The molecular formula is C20H21NO7. The van der Waals surface area contributed by atoms with E-state index in [2.05, 4.69) is 14.8 Å². The molecule has 0 aliphatic rings. The van der Waals surface area contributed by atoms with Gasteiger partial charge in [0, 0.05) is 5.56 Å². The molecule has 0 aliphatic heterocycles. The molecule has 28 heavy (non-hydrogen) atoms. The summed E-state index contributed by atoms with van der Waals surface area (Å²) in [5.41, 5.74) is 0.286. The van der Waals surface area contributed by atoms with Crippen molar-refractivity contribution in [3.63, 3.8) is 0 Å². The standard InChI is InChI=1S/C20H21NO7/c1-26-16(22)11-15(19(24)27-2)17(20(25)28-3)21-18(23)14-9-8-12-6-4-5-7-13(12)10-14/h4-10,15,17H,11H2,1-3H3,(H,21,23)/t15-,17-/m1/s1. The Morgan fingerprint density at radius 1 is 0.857 bits per heavy atom. The smallest absolute Gasteiger partial charge is 0.329 e. The van der Waals surface area contributed by atoms with Gasteiger partial charge in [0.2, 0.25) is 0 Å². The summed E-state index contributed by atoms with van der Waals surface area (Å²) in [5.74, 6) is -4.36. The summed E-state index contributed by atoms with van der Waals surface area (Å²) in [6.07, 6.45) is -0.457. The highest BCUT2D eigenvalue weighted by molar-refractivity contribution is 6.01. The molecule has 0 fully saturated rings. The highest BCUT2D eigenvalue weighted by Gasteiger charge is 2.38. The Balaban J connectivity index is 2.32. The lowest BCUT2D eigenvalue weighted by molar-refractivity contribution is -0.158. The van der Waals surface area contributed by atoms with E-state index < -0.39 is 42.2 Å². The van der Waals surface area contributed by atoms with Crippen LogP contribution in [0.15, 0.2) is 42.5 Å². The van der Waals surface area contributed by atoms with Gasteiger partial charge in [-0.25, -0.2) is 4.79 Å². The molecule has 0 unspecified atom stereocenters. The van der Waals surface area contributed by atoms with E-state index in [1.165, 1.54) is 0 Å². The van der Waals surface area contributed by atoms with Gasteiger partial charge in [-0.1, -0.05) is 30.3 Å². The molecule has 8 nitrogen and oxygen atoms in total. The van der Waals surface area contributed by atoms with E-state index in [1.54, 1.807) is 18.2 Å². The van der Waals surface area contributed by atoms with Crippen LogP contribution in [-0.4, -0.2) is 51.2 Å². The van der Waals surface area contributed by atoms with Gasteiger partial charge in [-0.05, 0) is 22.9 Å². The normalized spacial score (nSPS) is 12.5. The number of methoxy groups -OCH3 is 3. The Bertz CT molecular complexity index is 893. The average molecular weight is 387 g/mol. The Morgan fingerprint density at radius 3 is 2.11 bits per heavy atom. The van der Waals surface area contributed by atoms with Crippen molar-refractivity contribution in [1.82, 2.24) is 5.32 Å². The van der Waals surface area contributed by atoms with Gasteiger partial charge in [-0.15, -0.1) is 0 Å². The maximum atomic E-state index is 12.7. The molecule has 1 amide bonds. The molecule has 2 aromatic rings. The molecule has 0 aromatic heterocycles. The average Bonchev–Trinajstić information content (AvgIpc) is 2.74. The van der Waals surface area contributed by atoms with Crippen LogP contribution in [0, 0.1) is 5.92 Å². The van der Waals surface area contributed by atoms with Gasteiger partial charge in [0.05, 0.1) is 33.7 Å². The van der Waals surface area contributed by atoms with Gasteiger partial charge in [-0.3, -0.25) is 14.4 Å². The minimum atomic E-state index is -1.42. The van der Waals surface area contributed by atoms with Crippen LogP contribution in [0.5, 0.6) is 0 Å². The summed E-state index contributed by atoms with van der Waals surface area (Å²) >= 11 is 0. The molecule has 1 N–H and O–H groups in total. The predicted octanol–water partition coefficient (Wildman–Crippen LogP) is 1.46. The second kappa shape index (κ2) is 9.50. The van der Waals surface area contributed by atoms with Crippen molar-refractivity contribution in [2.75, 3.05) is 21.3 Å². The zero-order chi connectivity index (χ0) is 20.7. The molecule has 148 valence electrons. The number of esters is 3. The first-order valence-electron chi connectivity index (χ1n) is 8.43. The van der Waals surface area contributed by atoms with Crippen LogP contribution >= 0.6 is 0 Å². The fourth-order valence-corrected chi connectivity index (χ4v) is 2.76. The number of rotatable bonds is 7. The number of ether oxygens (including phenoxy) is 3. The van der Waals surface area contributed by atoms with Crippen molar-refractivity contribution < 1.29 is 33.4 Å². The highest BCUT2D eigenvalue weighted by Crippen LogP contribution is 2.18. The number of nitrogens with one attached hydrogen (secondary N) is 1. The van der Waals surface area contributed by atoms with Crippen LogP contribution < -0.4 is 5.32 Å². The molecule has 0 spiro atoms. The maximum Gasteiger partial charge on any atom is 0.329 e. The fourth-order valence-electron chi connectivity index (χ4n) is 2.76. The van der Waals surface area contributed by atoms with Crippen LogP contribution in [0.2, 0.25) is 0 Å². The third-order valence-electron chi connectivity index (χ3n) is 4.27. The van der Waals surface area contributed by atoms with Crippen molar-refractivity contribution in [1.29, 1.82) is 0 Å². The Kier molecular flexibility index (Phi) is 7.08. The molecule has 2 aromatic carbocycles. The van der Waals surface area contributed by atoms with Gasteiger partial charge in [0.1, 0.15) is 6.04 Å². The number of benzene rings is 2. The lowest BCUT2D eigenvalue weighted by atomic mass is 9.95. The topological polar surface area (TPSA) is 108 Å². The SMILES string of the molecule is COC(=O)C[C@@H](C(=O)OC)[C@@H](NC(=O)c1ccc2ccccc2c1)C(=O)OC. The molecule has 0 radical (unpaired) electrons. The van der Waals surface area contributed by atoms with E-state index in [4.69, 9.17) is 4.74 Å². The first kappa shape index (κ1) is 20.9. The molecule has 0 bridgehead atoms. The zero-order valence-corrected chi connectivity index (χ0v) is 15.8. The van der Waals surface area contributed by atoms with E-state index in [9.17, 15) is 19.2 Å². The van der Waals surface area contributed by atoms with Crippen molar-refractivity contribution in [2.45, 2.75) is 12.5 Å². The van der Waals surface area contributed by atoms with Crippen LogP contribution in [-0.2, 0) is 28.6 Å². The largest absolute Gasteiger partial charge is 0.469 e. The van der Waals surface area contributed by atoms with Crippen LogP contribution in [0.1, 0.15) is 16.8 Å². The Labute approximate surface area is 161 Å². The fraction of sp³-hybridized carbons (Fsp3) is 0.300. The summed E-state index contributed by atoms with van der Waals surface area (Å²) < 4.78 is 13.9.